The van der Waals surface area contributed by atoms with Gasteiger partial charge in [0.2, 0.25) is 0 Å². The molecule has 0 aromatic rings. The summed E-state index contributed by atoms with van der Waals surface area (Å²) in [5, 5.41) is 33.8. The molecular weight excluding hydrogens is 635 g/mol. The topological polar surface area (TPSA) is 96.2 Å². The van der Waals surface area contributed by atoms with Gasteiger partial charge in [-0.3, -0.25) is 42.5 Å². The van der Waals surface area contributed by atoms with E-state index in [0.29, 0.717) is 49.3 Å². The van der Waals surface area contributed by atoms with Gasteiger partial charge in [0.1, 0.15) is 0 Å². The van der Waals surface area contributed by atoms with Crippen LogP contribution in [0.1, 0.15) is 103 Å². The van der Waals surface area contributed by atoms with E-state index in [9.17, 15) is 0 Å². The number of rotatable bonds is 0. The van der Waals surface area contributed by atoms with Crippen molar-refractivity contribution in [1.29, 1.82) is 0 Å². The van der Waals surface area contributed by atoms with E-state index in [1.54, 1.807) is 0 Å². The fraction of sp³-hybridized carbons (Fsp3) is 1.00. The van der Waals surface area contributed by atoms with Crippen LogP contribution in [0.2, 0.25) is 0 Å². The number of hydrogen-bond acceptors (Lipinski definition) is 8. The van der Waals surface area contributed by atoms with Crippen molar-refractivity contribution in [3.05, 3.63) is 0 Å². The van der Waals surface area contributed by atoms with Crippen LogP contribution in [-0.2, 0) is 0 Å². The Morgan fingerprint density at radius 2 is 0.341 bits per heavy atom. The van der Waals surface area contributed by atoms with Gasteiger partial charge in [0, 0.05) is 35.6 Å². The van der Waals surface area contributed by atoms with Crippen molar-refractivity contribution in [3.8, 4) is 0 Å². The Hall–Kier alpha value is 0.875. The predicted molar refractivity (Wildman–Crippen MR) is 157 cm³/mol. The van der Waals surface area contributed by atoms with E-state index in [4.69, 9.17) is 0 Å². The van der Waals surface area contributed by atoms with E-state index in [0.717, 1.165) is 47.3 Å². The molecule has 9 rings (SSSR count). The summed E-state index contributed by atoms with van der Waals surface area (Å²) < 4.78 is 0. The van der Waals surface area contributed by atoms with Crippen LogP contribution in [0.3, 0.4) is 0 Å². The molecule has 0 aromatic heterocycles. The molecule has 4 aliphatic carbocycles. The van der Waals surface area contributed by atoms with Gasteiger partial charge in [-0.1, -0.05) is 51.4 Å². The second kappa shape index (κ2) is 12.2. The Kier molecular flexibility index (Phi) is 8.74. The summed E-state index contributed by atoms with van der Waals surface area (Å²) in [6.45, 7) is 0. The third-order valence-electron chi connectivity index (χ3n) is 13.8. The second-order valence-electron chi connectivity index (χ2n) is 15.6. The van der Waals surface area contributed by atoms with Gasteiger partial charge < -0.3 is 0 Å². The Balaban J connectivity index is 0.00000256. The molecule has 8 atom stereocenters. The minimum Gasteiger partial charge on any atom is -0.286 e. The zero-order chi connectivity index (χ0) is 26.2. The first-order valence-corrected chi connectivity index (χ1v) is 17.9. The minimum atomic E-state index is 0. The molecule has 0 spiro atoms. The number of nitrogens with one attached hydrogen (secondary N) is 8. The average Bonchev–Trinajstić information content (AvgIpc) is 3.73. The summed E-state index contributed by atoms with van der Waals surface area (Å²) in [6.07, 6.45) is 25.6. The molecule has 8 unspecified atom stereocenters. The van der Waals surface area contributed by atoms with Crippen LogP contribution in [-0.4, -0.2) is 49.3 Å². The Bertz CT molecular complexity index is 716. The molecule has 8 bridgehead atoms. The number of fused-ring (bicyclic) bond motifs is 20. The van der Waals surface area contributed by atoms with Gasteiger partial charge in [-0.25, -0.2) is 0 Å². The molecule has 0 amide bonds. The summed E-state index contributed by atoms with van der Waals surface area (Å²) >= 11 is 0. The van der Waals surface area contributed by atoms with E-state index >= 15 is 0 Å². The van der Waals surface area contributed by atoms with Crippen molar-refractivity contribution in [1.82, 2.24) is 42.5 Å². The van der Waals surface area contributed by atoms with Crippen molar-refractivity contribution in [2.24, 2.45) is 47.3 Å². The molecule has 5 saturated heterocycles. The maximum absolute atomic E-state index is 4.26. The Morgan fingerprint density at radius 3 is 0.463 bits per heavy atom. The minimum absolute atomic E-state index is 0. The van der Waals surface area contributed by atoms with E-state index in [2.05, 4.69) is 42.5 Å². The summed E-state index contributed by atoms with van der Waals surface area (Å²) in [7, 11) is 0. The van der Waals surface area contributed by atoms with Crippen molar-refractivity contribution in [2.75, 3.05) is 0 Å². The fourth-order valence-electron chi connectivity index (χ4n) is 12.0. The smallest absolute Gasteiger partial charge is 0.0628 e. The molecule has 8 N–H and O–H groups in total. The van der Waals surface area contributed by atoms with Crippen LogP contribution in [0, 0.1) is 82.9 Å². The van der Waals surface area contributed by atoms with Crippen LogP contribution in [0.15, 0.2) is 0 Å². The molecular formula is C32H56LaN8. The maximum Gasteiger partial charge on any atom is 0.0628 e. The van der Waals surface area contributed by atoms with Gasteiger partial charge in [-0.2, -0.15) is 0 Å². The normalized spacial score (nSPS) is 56.2. The first kappa shape index (κ1) is 29.3. The quantitative estimate of drug-likeness (QED) is 0.197. The molecule has 8 nitrogen and oxygen atoms in total. The molecule has 9 heteroatoms. The molecule has 227 valence electrons. The van der Waals surface area contributed by atoms with Crippen molar-refractivity contribution < 1.29 is 35.6 Å². The van der Waals surface area contributed by atoms with E-state index < -0.39 is 0 Å². The Morgan fingerprint density at radius 1 is 0.220 bits per heavy atom. The van der Waals surface area contributed by atoms with Crippen LogP contribution in [0.25, 0.3) is 0 Å². The largest absolute Gasteiger partial charge is 0.286 e. The molecule has 5 heterocycles. The average molecular weight is 692 g/mol. The summed E-state index contributed by atoms with van der Waals surface area (Å²) in [5.41, 5.74) is 0. The first-order valence-electron chi connectivity index (χ1n) is 17.9. The zero-order valence-corrected chi connectivity index (χ0v) is 28.8. The number of hydrogen-bond donors (Lipinski definition) is 8. The molecule has 4 saturated carbocycles. The van der Waals surface area contributed by atoms with Gasteiger partial charge in [0.25, 0.3) is 0 Å². The SMILES string of the molecule is C1CCC2C3NC(NC4NC(NC5NC(NC6NC(N3)C3CCCCC63)C3CCCCC53)C3CCCCC43)C2C1.[La]. The monoisotopic (exact) mass is 691 g/mol. The van der Waals surface area contributed by atoms with Crippen LogP contribution in [0.5, 0.6) is 0 Å². The molecule has 9 fully saturated rings. The van der Waals surface area contributed by atoms with Crippen LogP contribution >= 0.6 is 0 Å². The first-order chi connectivity index (χ1) is 19.8. The molecule has 5 aliphatic heterocycles. The van der Waals surface area contributed by atoms with Crippen LogP contribution < -0.4 is 42.5 Å². The third-order valence-corrected chi connectivity index (χ3v) is 13.8. The third kappa shape index (κ3) is 5.21. The molecule has 0 aromatic carbocycles. The predicted octanol–water partition coefficient (Wildman–Crippen LogP) is 2.61. The van der Waals surface area contributed by atoms with Gasteiger partial charge in [-0.05, 0) is 98.7 Å². The van der Waals surface area contributed by atoms with E-state index in [1.807, 2.05) is 0 Å². The summed E-state index contributed by atoms with van der Waals surface area (Å²) in [5.74, 6) is 5.97. The fourth-order valence-corrected chi connectivity index (χ4v) is 12.0. The molecule has 1 radical (unpaired) electrons. The van der Waals surface area contributed by atoms with Crippen molar-refractivity contribution in [3.63, 3.8) is 0 Å². The van der Waals surface area contributed by atoms with Crippen LogP contribution in [0.4, 0.5) is 0 Å². The van der Waals surface area contributed by atoms with Crippen molar-refractivity contribution >= 4 is 0 Å². The Labute approximate surface area is 276 Å². The van der Waals surface area contributed by atoms with Gasteiger partial charge in [0.15, 0.2) is 0 Å². The standard InChI is InChI=1S/C32H56N8.La/c1-2-10-18-17(9-1)25-33-26(18)38-28-21-13-5-6-14-22(21)30(35-28)40-32-24-16-8-7-15-23(24)31(36-32)39-29-20-12-4-3-11-19(20)27(34-29)37-25;/h17-40H,1-16H2;. The zero-order valence-electron chi connectivity index (χ0n) is 25.1. The van der Waals surface area contributed by atoms with Crippen molar-refractivity contribution in [2.45, 2.75) is 152 Å². The van der Waals surface area contributed by atoms with Gasteiger partial charge in [0.05, 0.1) is 49.3 Å². The van der Waals surface area contributed by atoms with Gasteiger partial charge >= 0.3 is 0 Å². The van der Waals surface area contributed by atoms with E-state index in [1.165, 1.54) is 103 Å². The summed E-state index contributed by atoms with van der Waals surface area (Å²) in [4.78, 5) is 0. The molecule has 41 heavy (non-hydrogen) atoms. The van der Waals surface area contributed by atoms with E-state index in [-0.39, 0.29) is 35.6 Å². The summed E-state index contributed by atoms with van der Waals surface area (Å²) in [6, 6.07) is 0. The maximum atomic E-state index is 4.26. The molecule has 9 aliphatic rings. The van der Waals surface area contributed by atoms with Gasteiger partial charge in [-0.15, -0.1) is 0 Å². The second-order valence-corrected chi connectivity index (χ2v) is 15.6.